The van der Waals surface area contributed by atoms with Gasteiger partial charge in [-0.3, -0.25) is 4.79 Å². The van der Waals surface area contributed by atoms with Crippen molar-refractivity contribution in [2.75, 3.05) is 5.32 Å². The minimum Gasteiger partial charge on any atom is -0.347 e. The summed E-state index contributed by atoms with van der Waals surface area (Å²) in [7, 11) is 0. The van der Waals surface area contributed by atoms with Crippen LogP contribution in [0.5, 0.6) is 0 Å². The summed E-state index contributed by atoms with van der Waals surface area (Å²) in [4.78, 5) is 13.0. The van der Waals surface area contributed by atoms with E-state index in [1.165, 1.54) is 6.07 Å². The zero-order valence-electron chi connectivity index (χ0n) is 14.6. The summed E-state index contributed by atoms with van der Waals surface area (Å²) in [5.74, 6) is -2.22. The molecule has 3 nitrogen and oxygen atoms in total. The fourth-order valence-corrected chi connectivity index (χ4v) is 3.48. The summed E-state index contributed by atoms with van der Waals surface area (Å²) in [6.07, 6.45) is 3.43. The number of anilines is 1. The number of amides is 1. The molecule has 136 valence electrons. The number of carbonyl (C=O) groups is 1. The zero-order valence-corrected chi connectivity index (χ0v) is 14.6. The molecule has 0 aliphatic carbocycles. The van der Waals surface area contributed by atoms with Gasteiger partial charge in [-0.05, 0) is 42.7 Å². The Morgan fingerprint density at radius 3 is 2.56 bits per heavy atom. The molecule has 0 saturated carbocycles. The zero-order chi connectivity index (χ0) is 18.8. The fraction of sp³-hybridized carbons (Fsp3) is 0.136. The number of aryl methyl sites for hydroxylation is 1. The molecule has 1 aromatic heterocycles. The first-order valence-electron chi connectivity index (χ1n) is 8.84. The van der Waals surface area contributed by atoms with E-state index in [1.807, 2.05) is 48.7 Å². The molecule has 2 aromatic carbocycles. The number of aromatic nitrogens is 1. The summed E-state index contributed by atoms with van der Waals surface area (Å²) >= 11 is 0. The van der Waals surface area contributed by atoms with Crippen molar-refractivity contribution >= 4 is 17.2 Å². The van der Waals surface area contributed by atoms with Gasteiger partial charge in [-0.2, -0.15) is 0 Å². The van der Waals surface area contributed by atoms with Gasteiger partial charge in [0.2, 0.25) is 0 Å². The maximum absolute atomic E-state index is 13.5. The Hall–Kier alpha value is -3.21. The van der Waals surface area contributed by atoms with Gasteiger partial charge in [0.15, 0.2) is 11.6 Å². The van der Waals surface area contributed by atoms with E-state index in [0.29, 0.717) is 12.0 Å². The van der Waals surface area contributed by atoms with Gasteiger partial charge in [0.05, 0.1) is 0 Å². The average Bonchev–Trinajstić information content (AvgIpc) is 3.05. The fourth-order valence-electron chi connectivity index (χ4n) is 3.48. The summed E-state index contributed by atoms with van der Waals surface area (Å²) in [6, 6.07) is 17.1. The van der Waals surface area contributed by atoms with Gasteiger partial charge in [0.1, 0.15) is 0 Å². The molecule has 4 rings (SSSR count). The lowest BCUT2D eigenvalue weighted by Crippen LogP contribution is -2.16. The van der Waals surface area contributed by atoms with E-state index in [2.05, 4.69) is 9.88 Å². The van der Waals surface area contributed by atoms with Gasteiger partial charge in [-0.15, -0.1) is 0 Å². The van der Waals surface area contributed by atoms with Gasteiger partial charge in [-0.25, -0.2) is 8.78 Å². The molecule has 0 fully saturated rings. The van der Waals surface area contributed by atoms with Crippen LogP contribution in [-0.2, 0) is 11.3 Å². The number of fused-ring (bicyclic) bond motifs is 1. The van der Waals surface area contributed by atoms with Crippen molar-refractivity contribution in [3.63, 3.8) is 0 Å². The van der Waals surface area contributed by atoms with Gasteiger partial charge in [0, 0.05) is 41.3 Å². The Morgan fingerprint density at radius 2 is 1.78 bits per heavy atom. The van der Waals surface area contributed by atoms with Crippen LogP contribution in [0.1, 0.15) is 24.1 Å². The summed E-state index contributed by atoms with van der Waals surface area (Å²) < 4.78 is 28.8. The van der Waals surface area contributed by atoms with E-state index in [-0.39, 0.29) is 11.6 Å². The van der Waals surface area contributed by atoms with Crippen molar-refractivity contribution in [2.24, 2.45) is 0 Å². The molecule has 2 heterocycles. The molecule has 1 aliphatic heterocycles. The standard InChI is InChI=1S/C22H18F2N2O/c23-18-11-10-16(14-19(18)24)25-22(27)17-8-4-12-26-13-5-9-20(26)21(17)15-6-2-1-3-7-15/h1-3,5-7,9-11,13-14H,4,8,12H2,(H,25,27). The minimum absolute atomic E-state index is 0.235. The van der Waals surface area contributed by atoms with E-state index in [4.69, 9.17) is 0 Å². The lowest BCUT2D eigenvalue weighted by atomic mass is 9.94. The molecule has 1 N–H and O–H groups in total. The first-order valence-corrected chi connectivity index (χ1v) is 8.84. The lowest BCUT2D eigenvalue weighted by Gasteiger charge is -2.15. The highest BCUT2D eigenvalue weighted by Gasteiger charge is 2.23. The SMILES string of the molecule is O=C(Nc1ccc(F)c(F)c1)C1=C(c2ccccc2)c2cccn2CCC1. The molecule has 0 bridgehead atoms. The molecule has 0 saturated heterocycles. The topological polar surface area (TPSA) is 34.0 Å². The van der Waals surface area contributed by atoms with Crippen LogP contribution in [0.2, 0.25) is 0 Å². The van der Waals surface area contributed by atoms with E-state index >= 15 is 0 Å². The highest BCUT2D eigenvalue weighted by atomic mass is 19.2. The third kappa shape index (κ3) is 3.40. The van der Waals surface area contributed by atoms with Crippen LogP contribution < -0.4 is 5.32 Å². The maximum Gasteiger partial charge on any atom is 0.252 e. The smallest absolute Gasteiger partial charge is 0.252 e. The number of carbonyl (C=O) groups excluding carboxylic acids is 1. The Labute approximate surface area is 156 Å². The van der Waals surface area contributed by atoms with Crippen molar-refractivity contribution in [1.29, 1.82) is 0 Å². The third-order valence-corrected chi connectivity index (χ3v) is 4.73. The van der Waals surface area contributed by atoms with Crippen molar-refractivity contribution in [2.45, 2.75) is 19.4 Å². The molecule has 0 atom stereocenters. The van der Waals surface area contributed by atoms with Gasteiger partial charge >= 0.3 is 0 Å². The van der Waals surface area contributed by atoms with Crippen LogP contribution in [-0.4, -0.2) is 10.5 Å². The van der Waals surface area contributed by atoms with E-state index < -0.39 is 11.6 Å². The predicted octanol–water partition coefficient (Wildman–Crippen LogP) is 5.00. The van der Waals surface area contributed by atoms with E-state index in [9.17, 15) is 13.6 Å². The van der Waals surface area contributed by atoms with Crippen LogP contribution >= 0.6 is 0 Å². The van der Waals surface area contributed by atoms with Crippen molar-refractivity contribution in [3.05, 3.63) is 95.3 Å². The number of halogens is 2. The van der Waals surface area contributed by atoms with E-state index in [0.717, 1.165) is 41.9 Å². The highest BCUT2D eigenvalue weighted by molar-refractivity contribution is 6.11. The molecular formula is C22H18F2N2O. The number of benzene rings is 2. The van der Waals surface area contributed by atoms with Crippen LogP contribution in [0.15, 0.2) is 72.4 Å². The molecule has 3 aromatic rings. The Kier molecular flexibility index (Phi) is 4.59. The van der Waals surface area contributed by atoms with Gasteiger partial charge in [-0.1, -0.05) is 30.3 Å². The Morgan fingerprint density at radius 1 is 0.963 bits per heavy atom. The first-order chi connectivity index (χ1) is 13.1. The first kappa shape index (κ1) is 17.2. The highest BCUT2D eigenvalue weighted by Crippen LogP contribution is 2.33. The maximum atomic E-state index is 13.5. The van der Waals surface area contributed by atoms with Crippen LogP contribution in [0.3, 0.4) is 0 Å². The summed E-state index contributed by atoms with van der Waals surface area (Å²) in [5, 5.41) is 2.72. The molecule has 0 unspecified atom stereocenters. The van der Waals surface area contributed by atoms with Gasteiger partial charge in [0.25, 0.3) is 5.91 Å². The van der Waals surface area contributed by atoms with Crippen molar-refractivity contribution in [3.8, 4) is 0 Å². The largest absolute Gasteiger partial charge is 0.347 e. The minimum atomic E-state index is -0.986. The van der Waals surface area contributed by atoms with Crippen LogP contribution in [0.25, 0.3) is 5.57 Å². The number of nitrogens with one attached hydrogen (secondary N) is 1. The second-order valence-electron chi connectivity index (χ2n) is 6.49. The van der Waals surface area contributed by atoms with Crippen LogP contribution in [0, 0.1) is 11.6 Å². The van der Waals surface area contributed by atoms with Gasteiger partial charge < -0.3 is 9.88 Å². The number of rotatable bonds is 3. The van der Waals surface area contributed by atoms with Crippen molar-refractivity contribution < 1.29 is 13.6 Å². The molecule has 0 spiro atoms. The van der Waals surface area contributed by atoms with E-state index in [1.54, 1.807) is 0 Å². The normalized spacial score (nSPS) is 13.9. The monoisotopic (exact) mass is 364 g/mol. The Balaban J connectivity index is 1.79. The number of hydrogen-bond acceptors (Lipinski definition) is 1. The van der Waals surface area contributed by atoms with Crippen molar-refractivity contribution in [1.82, 2.24) is 4.57 Å². The van der Waals surface area contributed by atoms with Crippen LogP contribution in [0.4, 0.5) is 14.5 Å². The molecule has 0 radical (unpaired) electrons. The molecular weight excluding hydrogens is 346 g/mol. The summed E-state index contributed by atoms with van der Waals surface area (Å²) in [5.41, 5.74) is 3.68. The molecule has 27 heavy (non-hydrogen) atoms. The lowest BCUT2D eigenvalue weighted by molar-refractivity contribution is -0.112. The second-order valence-corrected chi connectivity index (χ2v) is 6.49. The predicted molar refractivity (Wildman–Crippen MR) is 101 cm³/mol. The summed E-state index contributed by atoms with van der Waals surface area (Å²) in [6.45, 7) is 0.820. The number of hydrogen-bond donors (Lipinski definition) is 1. The quantitative estimate of drug-likeness (QED) is 0.697. The second kappa shape index (κ2) is 7.19. The molecule has 1 aliphatic rings. The third-order valence-electron chi connectivity index (χ3n) is 4.73. The Bertz CT molecular complexity index is 1020. The molecule has 5 heteroatoms. The number of nitrogens with zero attached hydrogens (tertiary/aromatic N) is 1. The molecule has 1 amide bonds. The average molecular weight is 364 g/mol.